The molecule has 3 unspecified atom stereocenters. The molecule has 0 spiro atoms. The molecule has 0 bridgehead atoms. The van der Waals surface area contributed by atoms with Crippen LogP contribution in [0.15, 0.2) is 28.4 Å². The molecular formula is C19H27NO4. The third kappa shape index (κ3) is 3.77. The van der Waals surface area contributed by atoms with Gasteiger partial charge in [-0.3, -0.25) is 9.79 Å². The molecule has 1 aliphatic heterocycles. The van der Waals surface area contributed by atoms with Crippen molar-refractivity contribution >= 4 is 17.7 Å². The highest BCUT2D eigenvalue weighted by molar-refractivity contribution is 6.05. The van der Waals surface area contributed by atoms with Crippen LogP contribution in [-0.2, 0) is 19.1 Å². The molecule has 2 aliphatic rings. The molecule has 0 aromatic carbocycles. The molecule has 0 aromatic rings. The van der Waals surface area contributed by atoms with Crippen molar-refractivity contribution in [1.29, 1.82) is 0 Å². The molecule has 0 fully saturated rings. The molecule has 24 heavy (non-hydrogen) atoms. The normalized spacial score (nSPS) is 26.8. The molecule has 0 amide bonds. The lowest BCUT2D eigenvalue weighted by Crippen LogP contribution is -2.41. The minimum Gasteiger partial charge on any atom is -0.465 e. The van der Waals surface area contributed by atoms with Crippen molar-refractivity contribution in [2.45, 2.75) is 47.0 Å². The second kappa shape index (κ2) is 8.27. The largest absolute Gasteiger partial charge is 0.465 e. The lowest BCUT2D eigenvalue weighted by molar-refractivity contribution is -0.148. The van der Waals surface area contributed by atoms with Gasteiger partial charge in [0, 0.05) is 17.3 Å². The Labute approximate surface area is 143 Å². The standard InChI is InChI=1S/C19H27NO4/c1-5-23-18(21)15-12(3)20-13(4)16(19(22)24-6-2)17(15)14-10-8-7-9-11-14/h7-8,14-15,17H,5-6,9-11H2,1-4H3. The zero-order chi connectivity index (χ0) is 17.7. The number of hydrogen-bond acceptors (Lipinski definition) is 5. The summed E-state index contributed by atoms with van der Waals surface area (Å²) in [5, 5.41) is 0. The minimum atomic E-state index is -0.510. The molecule has 0 aromatic heterocycles. The highest BCUT2D eigenvalue weighted by atomic mass is 16.5. The SMILES string of the molecule is CCOC(=O)C1=C(C)N=C(C)C(C(=O)OCC)C1C1CC=CCC1. The van der Waals surface area contributed by atoms with Gasteiger partial charge in [-0.15, -0.1) is 0 Å². The number of nitrogens with zero attached hydrogens (tertiary/aromatic N) is 1. The third-order valence-electron chi connectivity index (χ3n) is 4.73. The van der Waals surface area contributed by atoms with Gasteiger partial charge in [0.15, 0.2) is 0 Å². The molecule has 5 nitrogen and oxygen atoms in total. The summed E-state index contributed by atoms with van der Waals surface area (Å²) in [5.74, 6) is -1.19. The second-order valence-corrected chi connectivity index (χ2v) is 6.27. The first-order chi connectivity index (χ1) is 11.5. The fourth-order valence-corrected chi connectivity index (χ4v) is 3.75. The van der Waals surface area contributed by atoms with Crippen LogP contribution in [0.2, 0.25) is 0 Å². The van der Waals surface area contributed by atoms with Crippen LogP contribution in [0.25, 0.3) is 0 Å². The highest BCUT2D eigenvalue weighted by Crippen LogP contribution is 2.42. The van der Waals surface area contributed by atoms with E-state index in [1.54, 1.807) is 13.8 Å². The summed E-state index contributed by atoms with van der Waals surface area (Å²) >= 11 is 0. The highest BCUT2D eigenvalue weighted by Gasteiger charge is 2.44. The van der Waals surface area contributed by atoms with E-state index in [0.29, 0.717) is 24.5 Å². The Hall–Kier alpha value is -1.91. The van der Waals surface area contributed by atoms with Gasteiger partial charge in [-0.25, -0.2) is 4.79 Å². The van der Waals surface area contributed by atoms with Crippen LogP contribution in [0.3, 0.4) is 0 Å². The van der Waals surface area contributed by atoms with E-state index in [4.69, 9.17) is 9.47 Å². The number of carbonyl (C=O) groups is 2. The van der Waals surface area contributed by atoms with E-state index < -0.39 is 5.92 Å². The molecule has 1 heterocycles. The van der Waals surface area contributed by atoms with Gasteiger partial charge >= 0.3 is 11.9 Å². The predicted molar refractivity (Wildman–Crippen MR) is 92.5 cm³/mol. The molecule has 0 N–H and O–H groups in total. The Morgan fingerprint density at radius 2 is 1.88 bits per heavy atom. The number of esters is 2. The molecule has 3 atom stereocenters. The van der Waals surface area contributed by atoms with Gasteiger partial charge in [-0.05, 0) is 52.9 Å². The minimum absolute atomic E-state index is 0.212. The average Bonchev–Trinajstić information content (AvgIpc) is 2.55. The van der Waals surface area contributed by atoms with Crippen LogP contribution in [0, 0.1) is 17.8 Å². The van der Waals surface area contributed by atoms with Crippen LogP contribution in [0.1, 0.15) is 47.0 Å². The first-order valence-electron chi connectivity index (χ1n) is 8.75. The molecule has 2 rings (SSSR count). The number of ether oxygens (including phenoxy) is 2. The molecule has 5 heteroatoms. The summed E-state index contributed by atoms with van der Waals surface area (Å²) in [4.78, 5) is 29.6. The van der Waals surface area contributed by atoms with Crippen molar-refractivity contribution in [1.82, 2.24) is 0 Å². The maximum atomic E-state index is 12.6. The van der Waals surface area contributed by atoms with Gasteiger partial charge in [-0.2, -0.15) is 0 Å². The van der Waals surface area contributed by atoms with Gasteiger partial charge in [0.25, 0.3) is 0 Å². The second-order valence-electron chi connectivity index (χ2n) is 6.27. The quantitative estimate of drug-likeness (QED) is 0.571. The van der Waals surface area contributed by atoms with Crippen molar-refractivity contribution < 1.29 is 19.1 Å². The van der Waals surface area contributed by atoms with Crippen LogP contribution in [0.5, 0.6) is 0 Å². The number of allylic oxidation sites excluding steroid dienone is 3. The first-order valence-corrected chi connectivity index (χ1v) is 8.75. The van der Waals surface area contributed by atoms with Crippen LogP contribution in [0.4, 0.5) is 0 Å². The Bertz CT molecular complexity index is 588. The maximum absolute atomic E-state index is 12.6. The average molecular weight is 333 g/mol. The van der Waals surface area contributed by atoms with E-state index in [1.807, 2.05) is 13.8 Å². The summed E-state index contributed by atoms with van der Waals surface area (Å²) < 4.78 is 10.5. The number of rotatable bonds is 5. The van der Waals surface area contributed by atoms with Gasteiger partial charge < -0.3 is 9.47 Å². The molecular weight excluding hydrogens is 306 g/mol. The number of hydrogen-bond donors (Lipinski definition) is 0. The summed E-state index contributed by atoms with van der Waals surface area (Å²) in [6, 6.07) is 0. The van der Waals surface area contributed by atoms with Crippen molar-refractivity contribution in [2.24, 2.45) is 22.7 Å². The fraction of sp³-hybridized carbons (Fsp3) is 0.632. The summed E-state index contributed by atoms with van der Waals surface area (Å²) in [6.45, 7) is 7.86. The number of aliphatic imine (C=N–C) groups is 1. The topological polar surface area (TPSA) is 65.0 Å². The molecule has 0 saturated carbocycles. The van der Waals surface area contributed by atoms with E-state index in [-0.39, 0.29) is 23.8 Å². The number of carbonyl (C=O) groups excluding carboxylic acids is 2. The smallest absolute Gasteiger partial charge is 0.336 e. The van der Waals surface area contributed by atoms with Gasteiger partial charge in [0.05, 0.1) is 18.8 Å². The van der Waals surface area contributed by atoms with Crippen molar-refractivity contribution in [3.05, 3.63) is 23.4 Å². The summed E-state index contributed by atoms with van der Waals surface area (Å²) in [6.07, 6.45) is 7.04. The Morgan fingerprint density at radius 1 is 1.17 bits per heavy atom. The van der Waals surface area contributed by atoms with Crippen molar-refractivity contribution in [3.63, 3.8) is 0 Å². The van der Waals surface area contributed by atoms with E-state index >= 15 is 0 Å². The summed E-state index contributed by atoms with van der Waals surface area (Å²) in [5.41, 5.74) is 1.92. The third-order valence-corrected chi connectivity index (χ3v) is 4.73. The fourth-order valence-electron chi connectivity index (χ4n) is 3.75. The molecule has 1 aliphatic carbocycles. The van der Waals surface area contributed by atoms with Gasteiger partial charge in [0.2, 0.25) is 0 Å². The molecule has 0 radical (unpaired) electrons. The zero-order valence-corrected chi connectivity index (χ0v) is 15.0. The monoisotopic (exact) mass is 333 g/mol. The van der Waals surface area contributed by atoms with E-state index in [9.17, 15) is 9.59 Å². The molecule has 0 saturated heterocycles. The van der Waals surface area contributed by atoms with E-state index in [0.717, 1.165) is 25.0 Å². The predicted octanol–water partition coefficient (Wildman–Crippen LogP) is 3.45. The lowest BCUT2D eigenvalue weighted by atomic mass is 9.69. The molecule has 132 valence electrons. The summed E-state index contributed by atoms with van der Waals surface area (Å²) in [7, 11) is 0. The lowest BCUT2D eigenvalue weighted by Gasteiger charge is -2.37. The van der Waals surface area contributed by atoms with Crippen molar-refractivity contribution in [3.8, 4) is 0 Å². The Morgan fingerprint density at radius 3 is 2.46 bits per heavy atom. The van der Waals surface area contributed by atoms with Crippen LogP contribution >= 0.6 is 0 Å². The Kier molecular flexibility index (Phi) is 6.35. The van der Waals surface area contributed by atoms with Gasteiger partial charge in [0.1, 0.15) is 5.92 Å². The van der Waals surface area contributed by atoms with Crippen LogP contribution < -0.4 is 0 Å². The first kappa shape index (κ1) is 18.4. The maximum Gasteiger partial charge on any atom is 0.336 e. The van der Waals surface area contributed by atoms with Crippen molar-refractivity contribution in [2.75, 3.05) is 13.2 Å². The van der Waals surface area contributed by atoms with Crippen LogP contribution in [-0.4, -0.2) is 30.9 Å². The zero-order valence-electron chi connectivity index (χ0n) is 15.0. The Balaban J connectivity index is 2.46. The van der Waals surface area contributed by atoms with E-state index in [2.05, 4.69) is 17.1 Å². The van der Waals surface area contributed by atoms with E-state index in [1.165, 1.54) is 0 Å². The van der Waals surface area contributed by atoms with Gasteiger partial charge in [-0.1, -0.05) is 12.2 Å².